The zero-order valence-electron chi connectivity index (χ0n) is 11.7. The highest BCUT2D eigenvalue weighted by molar-refractivity contribution is 5.92. The van der Waals surface area contributed by atoms with Gasteiger partial charge >= 0.3 is 0 Å². The summed E-state index contributed by atoms with van der Waals surface area (Å²) >= 11 is 0. The fourth-order valence-electron chi connectivity index (χ4n) is 3.57. The minimum absolute atomic E-state index is 0.0330. The predicted molar refractivity (Wildman–Crippen MR) is 79.5 cm³/mol. The van der Waals surface area contributed by atoms with Gasteiger partial charge in [0.2, 0.25) is 5.91 Å². The smallest absolute Gasteiger partial charge is 0.270 e. The average molecular weight is 286 g/mol. The van der Waals surface area contributed by atoms with E-state index in [1.54, 1.807) is 18.2 Å². The molecule has 3 rings (SSSR count). The quantitative estimate of drug-likeness (QED) is 0.525. The Kier molecular flexibility index (Phi) is 3.73. The lowest BCUT2D eigenvalue weighted by molar-refractivity contribution is -0.384. The molecule has 0 aliphatic heterocycles. The van der Waals surface area contributed by atoms with Crippen LogP contribution < -0.4 is 5.32 Å². The van der Waals surface area contributed by atoms with Crippen LogP contribution in [0, 0.1) is 22.0 Å². The van der Waals surface area contributed by atoms with E-state index >= 15 is 0 Å². The molecule has 3 atom stereocenters. The third kappa shape index (κ3) is 3.12. The van der Waals surface area contributed by atoms with Crippen molar-refractivity contribution in [3.63, 3.8) is 0 Å². The van der Waals surface area contributed by atoms with Gasteiger partial charge in [0.05, 0.1) is 4.92 Å². The summed E-state index contributed by atoms with van der Waals surface area (Å²) in [6.07, 6.45) is 7.96. The zero-order chi connectivity index (χ0) is 14.8. The second-order valence-corrected chi connectivity index (χ2v) is 5.98. The maximum Gasteiger partial charge on any atom is 0.270 e. The molecule has 2 saturated carbocycles. The van der Waals surface area contributed by atoms with Crippen LogP contribution in [0.4, 0.5) is 5.69 Å². The third-order valence-electron chi connectivity index (χ3n) is 4.57. The Morgan fingerprint density at radius 1 is 1.33 bits per heavy atom. The van der Waals surface area contributed by atoms with Gasteiger partial charge in [-0.2, -0.15) is 0 Å². The summed E-state index contributed by atoms with van der Waals surface area (Å²) in [6.45, 7) is 0. The molecule has 1 aromatic rings. The first kappa shape index (κ1) is 13.8. The molecule has 21 heavy (non-hydrogen) atoms. The zero-order valence-corrected chi connectivity index (χ0v) is 11.7. The van der Waals surface area contributed by atoms with E-state index in [0.29, 0.717) is 17.5 Å². The van der Waals surface area contributed by atoms with E-state index in [-0.39, 0.29) is 11.6 Å². The molecule has 0 heterocycles. The van der Waals surface area contributed by atoms with Crippen LogP contribution in [-0.4, -0.2) is 16.9 Å². The van der Waals surface area contributed by atoms with E-state index in [9.17, 15) is 14.9 Å². The number of hydrogen-bond acceptors (Lipinski definition) is 3. The van der Waals surface area contributed by atoms with Gasteiger partial charge in [0, 0.05) is 24.3 Å². The van der Waals surface area contributed by atoms with Gasteiger partial charge in [0.15, 0.2) is 0 Å². The Hall–Kier alpha value is -2.17. The Labute approximate surface area is 123 Å². The fourth-order valence-corrected chi connectivity index (χ4v) is 3.57. The van der Waals surface area contributed by atoms with E-state index < -0.39 is 4.92 Å². The lowest BCUT2D eigenvalue weighted by atomic mass is 9.95. The average Bonchev–Trinajstić information content (AvgIpc) is 3.08. The molecule has 1 aromatic carbocycles. The van der Waals surface area contributed by atoms with Crippen LogP contribution in [0.2, 0.25) is 0 Å². The number of carbonyl (C=O) groups is 1. The highest BCUT2D eigenvalue weighted by atomic mass is 16.6. The maximum absolute atomic E-state index is 11.9. The Balaban J connectivity index is 1.59. The minimum Gasteiger partial charge on any atom is -0.350 e. The number of nitrogens with one attached hydrogen (secondary N) is 1. The number of hydrogen-bond donors (Lipinski definition) is 1. The van der Waals surface area contributed by atoms with Crippen molar-refractivity contribution in [3.8, 4) is 0 Å². The number of non-ortho nitro benzene ring substituents is 1. The molecule has 110 valence electrons. The van der Waals surface area contributed by atoms with Crippen LogP contribution in [-0.2, 0) is 4.79 Å². The number of nitro benzene ring substituents is 1. The van der Waals surface area contributed by atoms with Gasteiger partial charge in [-0.3, -0.25) is 14.9 Å². The molecule has 2 bridgehead atoms. The Morgan fingerprint density at radius 2 is 2.19 bits per heavy atom. The summed E-state index contributed by atoms with van der Waals surface area (Å²) < 4.78 is 0. The van der Waals surface area contributed by atoms with Crippen LogP contribution in [0.1, 0.15) is 31.2 Å². The van der Waals surface area contributed by atoms with Crippen molar-refractivity contribution in [2.45, 2.75) is 31.7 Å². The second kappa shape index (κ2) is 5.68. The van der Waals surface area contributed by atoms with E-state index in [0.717, 1.165) is 12.3 Å². The van der Waals surface area contributed by atoms with Crippen LogP contribution in [0.15, 0.2) is 30.3 Å². The summed E-state index contributed by atoms with van der Waals surface area (Å²) in [6, 6.07) is 6.57. The summed E-state index contributed by atoms with van der Waals surface area (Å²) in [5.41, 5.74) is 0.693. The van der Waals surface area contributed by atoms with Gasteiger partial charge in [-0.25, -0.2) is 0 Å². The van der Waals surface area contributed by atoms with Crippen LogP contribution in [0.25, 0.3) is 6.08 Å². The molecule has 1 amide bonds. The SMILES string of the molecule is O=C(/C=C/c1cccc([N+](=O)[O-])c1)N[C@@H]1C[C@@H]2CC[C@H]1C2. The number of fused-ring (bicyclic) bond motifs is 2. The Morgan fingerprint density at radius 3 is 2.86 bits per heavy atom. The maximum atomic E-state index is 11.9. The van der Waals surface area contributed by atoms with Crippen molar-refractivity contribution in [1.29, 1.82) is 0 Å². The fraction of sp³-hybridized carbons (Fsp3) is 0.438. The number of nitrogens with zero attached hydrogens (tertiary/aromatic N) is 1. The molecule has 2 fully saturated rings. The van der Waals surface area contributed by atoms with Crippen molar-refractivity contribution in [1.82, 2.24) is 5.32 Å². The van der Waals surface area contributed by atoms with Crippen LogP contribution >= 0.6 is 0 Å². The highest BCUT2D eigenvalue weighted by Gasteiger charge is 2.39. The second-order valence-electron chi connectivity index (χ2n) is 5.98. The minimum atomic E-state index is -0.438. The van der Waals surface area contributed by atoms with Crippen LogP contribution in [0.3, 0.4) is 0 Å². The highest BCUT2D eigenvalue weighted by Crippen LogP contribution is 2.44. The summed E-state index contributed by atoms with van der Waals surface area (Å²) in [5, 5.41) is 13.8. The summed E-state index contributed by atoms with van der Waals surface area (Å²) in [4.78, 5) is 22.2. The van der Waals surface area contributed by atoms with Gasteiger partial charge < -0.3 is 5.32 Å². The van der Waals surface area contributed by atoms with Crippen molar-refractivity contribution in [2.75, 3.05) is 0 Å². The first-order valence-corrected chi connectivity index (χ1v) is 7.35. The lowest BCUT2D eigenvalue weighted by Gasteiger charge is -2.22. The third-order valence-corrected chi connectivity index (χ3v) is 4.57. The largest absolute Gasteiger partial charge is 0.350 e. The van der Waals surface area contributed by atoms with E-state index in [4.69, 9.17) is 0 Å². The van der Waals surface area contributed by atoms with Gasteiger partial charge in [-0.05, 0) is 42.7 Å². The molecule has 2 aliphatic carbocycles. The lowest BCUT2D eigenvalue weighted by Crippen LogP contribution is -2.37. The first-order chi connectivity index (χ1) is 10.1. The molecule has 5 nitrogen and oxygen atoms in total. The molecule has 0 aromatic heterocycles. The van der Waals surface area contributed by atoms with E-state index in [2.05, 4.69) is 5.32 Å². The topological polar surface area (TPSA) is 72.2 Å². The molecule has 2 aliphatic rings. The van der Waals surface area contributed by atoms with Gasteiger partial charge in [-0.1, -0.05) is 18.6 Å². The van der Waals surface area contributed by atoms with Crippen molar-refractivity contribution >= 4 is 17.7 Å². The molecule has 0 radical (unpaired) electrons. The van der Waals surface area contributed by atoms with E-state index in [1.807, 2.05) is 0 Å². The molecule has 0 saturated heterocycles. The first-order valence-electron chi connectivity index (χ1n) is 7.35. The van der Waals surface area contributed by atoms with E-state index in [1.165, 1.54) is 37.5 Å². The number of nitro groups is 1. The molecule has 0 unspecified atom stereocenters. The van der Waals surface area contributed by atoms with Gasteiger partial charge in [0.25, 0.3) is 5.69 Å². The van der Waals surface area contributed by atoms with Crippen LogP contribution in [0.5, 0.6) is 0 Å². The number of amides is 1. The Bertz CT molecular complexity index is 597. The van der Waals surface area contributed by atoms with Gasteiger partial charge in [-0.15, -0.1) is 0 Å². The van der Waals surface area contributed by atoms with Crippen molar-refractivity contribution in [2.24, 2.45) is 11.8 Å². The standard InChI is InChI=1S/C16H18N2O3/c19-16(17-15-10-12-4-6-13(15)8-12)7-5-11-2-1-3-14(9-11)18(20)21/h1-3,5,7,9,12-13,15H,4,6,8,10H2,(H,17,19)/b7-5+/t12-,13+,15-/m1/s1. The van der Waals surface area contributed by atoms with Crippen molar-refractivity contribution in [3.05, 3.63) is 46.0 Å². The normalized spacial score (nSPS) is 27.1. The molecule has 5 heteroatoms. The molecule has 0 spiro atoms. The van der Waals surface area contributed by atoms with Gasteiger partial charge in [0.1, 0.15) is 0 Å². The molecular formula is C16H18N2O3. The summed E-state index contributed by atoms with van der Waals surface area (Å²) in [5.74, 6) is 1.32. The number of carbonyl (C=O) groups excluding carboxylic acids is 1. The predicted octanol–water partition coefficient (Wildman–Crippen LogP) is 2.91. The molecular weight excluding hydrogens is 268 g/mol. The summed E-state index contributed by atoms with van der Waals surface area (Å²) in [7, 11) is 0. The molecule has 1 N–H and O–H groups in total. The monoisotopic (exact) mass is 286 g/mol. The number of benzene rings is 1. The number of rotatable bonds is 4. The van der Waals surface area contributed by atoms with Crippen molar-refractivity contribution < 1.29 is 9.72 Å².